The lowest BCUT2D eigenvalue weighted by Crippen LogP contribution is -2.07. The third-order valence-corrected chi connectivity index (χ3v) is 2.29. The first-order chi connectivity index (χ1) is 9.15. The van der Waals surface area contributed by atoms with Crippen molar-refractivity contribution in [2.45, 2.75) is 0 Å². The topological polar surface area (TPSA) is 101 Å². The molecule has 0 fully saturated rings. The molecule has 96 valence electrons. The number of rotatable bonds is 4. The zero-order valence-electron chi connectivity index (χ0n) is 9.74. The van der Waals surface area contributed by atoms with Crippen molar-refractivity contribution in [1.29, 1.82) is 0 Å². The van der Waals surface area contributed by atoms with E-state index < -0.39 is 4.92 Å². The molecule has 1 amide bonds. The van der Waals surface area contributed by atoms with E-state index in [1.54, 1.807) is 24.3 Å². The van der Waals surface area contributed by atoms with Crippen LogP contribution in [0.2, 0.25) is 0 Å². The van der Waals surface area contributed by atoms with E-state index in [9.17, 15) is 14.9 Å². The number of nitrogens with one attached hydrogen (secondary N) is 2. The molecule has 1 heterocycles. The molecule has 7 heteroatoms. The molecule has 0 radical (unpaired) electrons. The number of nitro benzene ring substituents is 1. The zero-order valence-corrected chi connectivity index (χ0v) is 9.74. The second-order valence-corrected chi connectivity index (χ2v) is 3.64. The third-order valence-electron chi connectivity index (χ3n) is 2.29. The van der Waals surface area contributed by atoms with Crippen molar-refractivity contribution in [2.75, 3.05) is 5.32 Å². The van der Waals surface area contributed by atoms with Crippen molar-refractivity contribution in [3.8, 4) is 0 Å². The molecule has 2 rings (SSSR count). The van der Waals surface area contributed by atoms with Crippen LogP contribution >= 0.6 is 0 Å². The van der Waals surface area contributed by atoms with Gasteiger partial charge in [0.15, 0.2) is 0 Å². The number of H-pyrrole nitrogens is 1. The molecular weight excluding hydrogens is 248 g/mol. The molecule has 0 spiro atoms. The molecule has 0 saturated heterocycles. The summed E-state index contributed by atoms with van der Waals surface area (Å²) in [7, 11) is 0. The molecule has 1 aromatic carbocycles. The highest BCUT2D eigenvalue weighted by atomic mass is 16.6. The van der Waals surface area contributed by atoms with Gasteiger partial charge in [0.2, 0.25) is 5.91 Å². The van der Waals surface area contributed by atoms with Crippen molar-refractivity contribution in [1.82, 2.24) is 10.2 Å². The minimum Gasteiger partial charge on any atom is -0.307 e. The molecule has 0 aliphatic rings. The fraction of sp³-hybridized carbons (Fsp3) is 0. The van der Waals surface area contributed by atoms with E-state index in [4.69, 9.17) is 0 Å². The van der Waals surface area contributed by atoms with Crippen LogP contribution in [0.5, 0.6) is 0 Å². The van der Waals surface area contributed by atoms with Crippen molar-refractivity contribution in [3.63, 3.8) is 0 Å². The van der Waals surface area contributed by atoms with E-state index in [1.807, 2.05) is 0 Å². The number of hydrogen-bond donors (Lipinski definition) is 2. The van der Waals surface area contributed by atoms with Gasteiger partial charge in [0.1, 0.15) is 5.82 Å². The lowest BCUT2D eigenvalue weighted by Gasteiger charge is -1.97. The predicted molar refractivity (Wildman–Crippen MR) is 69.3 cm³/mol. The maximum absolute atomic E-state index is 11.5. The summed E-state index contributed by atoms with van der Waals surface area (Å²) < 4.78 is 0. The molecule has 0 bridgehead atoms. The van der Waals surface area contributed by atoms with Crippen LogP contribution in [0.25, 0.3) is 6.08 Å². The number of amides is 1. The van der Waals surface area contributed by atoms with E-state index in [2.05, 4.69) is 15.5 Å². The van der Waals surface area contributed by atoms with Crippen molar-refractivity contribution < 1.29 is 9.72 Å². The molecule has 0 saturated carbocycles. The summed E-state index contributed by atoms with van der Waals surface area (Å²) in [6.07, 6.45) is 4.42. The summed E-state index contributed by atoms with van der Waals surface area (Å²) in [5.41, 5.74) is 0.712. The number of carbonyl (C=O) groups is 1. The van der Waals surface area contributed by atoms with Gasteiger partial charge in [-0.2, -0.15) is 5.10 Å². The van der Waals surface area contributed by atoms with E-state index >= 15 is 0 Å². The Kier molecular flexibility index (Phi) is 3.67. The van der Waals surface area contributed by atoms with Gasteiger partial charge in [-0.3, -0.25) is 20.0 Å². The van der Waals surface area contributed by atoms with E-state index in [-0.39, 0.29) is 11.6 Å². The van der Waals surface area contributed by atoms with Gasteiger partial charge < -0.3 is 5.32 Å². The number of anilines is 1. The first kappa shape index (κ1) is 12.5. The zero-order chi connectivity index (χ0) is 13.7. The van der Waals surface area contributed by atoms with Crippen molar-refractivity contribution in [3.05, 3.63) is 58.3 Å². The highest BCUT2D eigenvalue weighted by Crippen LogP contribution is 2.12. The van der Waals surface area contributed by atoms with Crippen LogP contribution in [-0.4, -0.2) is 21.0 Å². The molecule has 7 nitrogen and oxygen atoms in total. The Labute approximate surface area is 108 Å². The number of nitrogens with zero attached hydrogens (tertiary/aromatic N) is 2. The smallest absolute Gasteiger partial charge is 0.269 e. The van der Waals surface area contributed by atoms with Gasteiger partial charge in [-0.1, -0.05) is 0 Å². The Balaban J connectivity index is 1.98. The lowest BCUT2D eigenvalue weighted by atomic mass is 10.2. The average Bonchev–Trinajstić information content (AvgIpc) is 2.89. The fourth-order valence-electron chi connectivity index (χ4n) is 1.38. The van der Waals surface area contributed by atoms with Crippen LogP contribution in [0.15, 0.2) is 42.6 Å². The van der Waals surface area contributed by atoms with E-state index in [0.29, 0.717) is 11.4 Å². The second-order valence-electron chi connectivity index (χ2n) is 3.64. The molecule has 0 aliphatic carbocycles. The molecule has 2 aromatic rings. The first-order valence-corrected chi connectivity index (χ1v) is 5.38. The number of nitro groups is 1. The summed E-state index contributed by atoms with van der Waals surface area (Å²) in [6, 6.07) is 7.52. The van der Waals surface area contributed by atoms with Crippen molar-refractivity contribution in [2.24, 2.45) is 0 Å². The maximum atomic E-state index is 11.5. The van der Waals surface area contributed by atoms with Crippen molar-refractivity contribution >= 4 is 23.5 Å². The maximum Gasteiger partial charge on any atom is 0.269 e. The standard InChI is InChI=1S/C12H10N4O3/c17-12(14-11-7-8-13-15-11)6-3-9-1-4-10(5-2-9)16(18)19/h1-8H,(H2,13,14,15,17)/b6-3+. The normalized spacial score (nSPS) is 10.5. The van der Waals surface area contributed by atoms with E-state index in [1.165, 1.54) is 24.4 Å². The number of aromatic amines is 1. The Morgan fingerprint density at radius 3 is 2.63 bits per heavy atom. The van der Waals surface area contributed by atoms with Crippen LogP contribution in [0.3, 0.4) is 0 Å². The average molecular weight is 258 g/mol. The van der Waals surface area contributed by atoms with Gasteiger partial charge in [0.25, 0.3) is 5.69 Å². The minimum absolute atomic E-state index is 0.0130. The van der Waals surface area contributed by atoms with Crippen LogP contribution in [0, 0.1) is 10.1 Å². The van der Waals surface area contributed by atoms with Gasteiger partial charge >= 0.3 is 0 Å². The van der Waals surface area contributed by atoms with Crippen LogP contribution in [-0.2, 0) is 4.79 Å². The highest BCUT2D eigenvalue weighted by Gasteiger charge is 2.03. The molecule has 0 atom stereocenters. The molecule has 1 aromatic heterocycles. The number of aromatic nitrogens is 2. The Bertz CT molecular complexity index is 602. The number of carbonyl (C=O) groups excluding carboxylic acids is 1. The molecular formula is C12H10N4O3. The van der Waals surface area contributed by atoms with Crippen LogP contribution in [0.4, 0.5) is 11.5 Å². The Morgan fingerprint density at radius 2 is 2.05 bits per heavy atom. The first-order valence-electron chi connectivity index (χ1n) is 5.38. The SMILES string of the molecule is O=C(/C=C/c1ccc([N+](=O)[O-])cc1)Nc1ccn[nH]1. The molecule has 0 aliphatic heterocycles. The van der Waals surface area contributed by atoms with Gasteiger partial charge in [0, 0.05) is 24.3 Å². The highest BCUT2D eigenvalue weighted by molar-refractivity contribution is 6.01. The van der Waals surface area contributed by atoms with Gasteiger partial charge in [0.05, 0.1) is 11.1 Å². The predicted octanol–water partition coefficient (Wildman–Crippen LogP) is 1.97. The lowest BCUT2D eigenvalue weighted by molar-refractivity contribution is -0.384. The summed E-state index contributed by atoms with van der Waals surface area (Å²) in [5, 5.41) is 19.3. The fourth-order valence-corrected chi connectivity index (χ4v) is 1.38. The monoisotopic (exact) mass is 258 g/mol. The summed E-state index contributed by atoms with van der Waals surface area (Å²) in [6.45, 7) is 0. The summed E-state index contributed by atoms with van der Waals surface area (Å²) >= 11 is 0. The Morgan fingerprint density at radius 1 is 1.32 bits per heavy atom. The number of non-ortho nitro benzene ring substituents is 1. The Hall–Kier alpha value is -2.96. The van der Waals surface area contributed by atoms with Gasteiger partial charge in [-0.15, -0.1) is 0 Å². The second kappa shape index (κ2) is 5.58. The molecule has 19 heavy (non-hydrogen) atoms. The largest absolute Gasteiger partial charge is 0.307 e. The number of benzene rings is 1. The van der Waals surface area contributed by atoms with Crippen LogP contribution < -0.4 is 5.32 Å². The van der Waals surface area contributed by atoms with Gasteiger partial charge in [-0.05, 0) is 23.8 Å². The summed E-state index contributed by atoms with van der Waals surface area (Å²) in [4.78, 5) is 21.5. The van der Waals surface area contributed by atoms with Gasteiger partial charge in [-0.25, -0.2) is 0 Å². The molecule has 0 unspecified atom stereocenters. The molecule has 2 N–H and O–H groups in total. The quantitative estimate of drug-likeness (QED) is 0.497. The number of hydrogen-bond acceptors (Lipinski definition) is 4. The van der Waals surface area contributed by atoms with Crippen LogP contribution in [0.1, 0.15) is 5.56 Å². The summed E-state index contributed by atoms with van der Waals surface area (Å²) in [5.74, 6) is 0.181. The third kappa shape index (κ3) is 3.50. The minimum atomic E-state index is -0.474. The van der Waals surface area contributed by atoms with E-state index in [0.717, 1.165) is 0 Å².